The maximum Gasteiger partial charge on any atom is 0.415 e. The zero-order valence-electron chi connectivity index (χ0n) is 17.7. The molecule has 1 aromatic carbocycles. The van der Waals surface area contributed by atoms with Crippen molar-refractivity contribution >= 4 is 29.3 Å². The Balaban J connectivity index is 1.43. The molecule has 0 radical (unpaired) electrons. The van der Waals surface area contributed by atoms with E-state index in [1.54, 1.807) is 35.4 Å². The highest BCUT2D eigenvalue weighted by atomic mass is 16.6. The molecule has 0 bridgehead atoms. The van der Waals surface area contributed by atoms with Gasteiger partial charge in [-0.3, -0.25) is 24.3 Å². The molecule has 8 nitrogen and oxygen atoms in total. The second kappa shape index (κ2) is 7.55. The van der Waals surface area contributed by atoms with Crippen molar-refractivity contribution in [2.24, 2.45) is 0 Å². The number of nitrogens with zero attached hydrogens (tertiary/aromatic N) is 2. The van der Waals surface area contributed by atoms with Gasteiger partial charge in [0.2, 0.25) is 5.91 Å². The number of aryl methyl sites for hydroxylation is 1. The largest absolute Gasteiger partial charge is 0.438 e. The number of Topliss-reactive ketones (excluding diaryl/α,β-unsaturated/α-hetero) is 2. The van der Waals surface area contributed by atoms with E-state index >= 15 is 0 Å². The van der Waals surface area contributed by atoms with Crippen molar-refractivity contribution in [3.05, 3.63) is 59.4 Å². The van der Waals surface area contributed by atoms with E-state index in [1.165, 1.54) is 13.1 Å². The molecular formula is C24H23N3O5. The summed E-state index contributed by atoms with van der Waals surface area (Å²) in [7, 11) is 0. The van der Waals surface area contributed by atoms with E-state index in [0.29, 0.717) is 49.0 Å². The minimum atomic E-state index is -0.866. The topological polar surface area (TPSA) is 106 Å². The van der Waals surface area contributed by atoms with Crippen LogP contribution in [0.5, 0.6) is 0 Å². The first-order valence-electron chi connectivity index (χ1n) is 10.8. The summed E-state index contributed by atoms with van der Waals surface area (Å²) in [6.07, 6.45) is 4.83. The summed E-state index contributed by atoms with van der Waals surface area (Å²) >= 11 is 0. The van der Waals surface area contributed by atoms with E-state index in [1.807, 2.05) is 6.07 Å². The van der Waals surface area contributed by atoms with Crippen LogP contribution in [0.15, 0.2) is 42.7 Å². The SMILES string of the molecule is CC(=O)NC1CC12CN(c1ccc3c(c1)CCCC(=O)C3C(=O)c1cccnc1)C(=O)O2. The summed E-state index contributed by atoms with van der Waals surface area (Å²) in [4.78, 5) is 55.5. The second-order valence-electron chi connectivity index (χ2n) is 8.72. The fourth-order valence-corrected chi connectivity index (χ4v) is 4.78. The fraction of sp³-hybridized carbons (Fsp3) is 0.375. The summed E-state index contributed by atoms with van der Waals surface area (Å²) in [6.45, 7) is 1.80. The molecule has 1 saturated heterocycles. The average molecular weight is 433 g/mol. The van der Waals surface area contributed by atoms with E-state index in [9.17, 15) is 19.2 Å². The molecule has 2 aliphatic carbocycles. The minimum absolute atomic E-state index is 0.0963. The van der Waals surface area contributed by atoms with Crippen molar-refractivity contribution in [3.8, 4) is 0 Å². The van der Waals surface area contributed by atoms with Gasteiger partial charge < -0.3 is 10.1 Å². The molecule has 2 fully saturated rings. The van der Waals surface area contributed by atoms with Crippen LogP contribution in [0.4, 0.5) is 10.5 Å². The molecule has 1 saturated carbocycles. The van der Waals surface area contributed by atoms with Gasteiger partial charge in [-0.05, 0) is 48.2 Å². The highest BCUT2D eigenvalue weighted by Crippen LogP contribution is 2.46. The smallest absolute Gasteiger partial charge is 0.415 e. The number of amides is 2. The summed E-state index contributed by atoms with van der Waals surface area (Å²) in [6, 6.07) is 8.60. The molecule has 1 aromatic heterocycles. The highest BCUT2D eigenvalue weighted by molar-refractivity contribution is 6.15. The molecule has 3 unspecified atom stereocenters. The fourth-order valence-electron chi connectivity index (χ4n) is 4.78. The standard InChI is InChI=1S/C24H23N3O5/c1-14(28)26-20-11-24(20)13-27(23(31)32-24)17-7-8-18-15(10-17)4-2-6-19(29)21(18)22(30)16-5-3-9-25-12-16/h3,5,7-10,12,20-21H,2,4,6,11,13H2,1H3,(H,26,28). The minimum Gasteiger partial charge on any atom is -0.438 e. The van der Waals surface area contributed by atoms with E-state index in [2.05, 4.69) is 10.3 Å². The molecule has 2 aromatic rings. The number of carbonyl (C=O) groups excluding carboxylic acids is 4. The Hall–Kier alpha value is -3.55. The van der Waals surface area contributed by atoms with E-state index in [-0.39, 0.29) is 23.5 Å². The highest BCUT2D eigenvalue weighted by Gasteiger charge is 2.64. The molecule has 5 rings (SSSR count). The average Bonchev–Trinajstić information content (AvgIpc) is 3.35. The van der Waals surface area contributed by atoms with Crippen molar-refractivity contribution in [2.45, 2.75) is 50.2 Å². The van der Waals surface area contributed by atoms with Gasteiger partial charge in [-0.2, -0.15) is 0 Å². The van der Waals surface area contributed by atoms with Crippen LogP contribution in [0.3, 0.4) is 0 Å². The molecule has 164 valence electrons. The van der Waals surface area contributed by atoms with Gasteiger partial charge >= 0.3 is 6.09 Å². The molecule has 2 heterocycles. The Morgan fingerprint density at radius 2 is 2.06 bits per heavy atom. The van der Waals surface area contributed by atoms with Gasteiger partial charge in [0, 0.05) is 43.4 Å². The number of fused-ring (bicyclic) bond motifs is 1. The maximum absolute atomic E-state index is 13.2. The predicted molar refractivity (Wildman–Crippen MR) is 114 cm³/mol. The third-order valence-corrected chi connectivity index (χ3v) is 6.49. The van der Waals surface area contributed by atoms with E-state index < -0.39 is 17.6 Å². The Bertz CT molecular complexity index is 1130. The number of nitrogens with one attached hydrogen (secondary N) is 1. The van der Waals surface area contributed by atoms with Crippen LogP contribution >= 0.6 is 0 Å². The van der Waals surface area contributed by atoms with Gasteiger partial charge in [-0.15, -0.1) is 0 Å². The molecule has 1 spiro atoms. The summed E-state index contributed by atoms with van der Waals surface area (Å²) < 4.78 is 5.60. The number of benzene rings is 1. The quantitative estimate of drug-likeness (QED) is 0.451. The molecule has 8 heteroatoms. The molecule has 2 amide bonds. The normalized spacial score (nSPS) is 26.3. The Morgan fingerprint density at radius 3 is 2.81 bits per heavy atom. The van der Waals surface area contributed by atoms with Crippen LogP contribution in [0.2, 0.25) is 0 Å². The molecule has 32 heavy (non-hydrogen) atoms. The number of ether oxygens (including phenoxy) is 1. The molecular weight excluding hydrogens is 410 g/mol. The lowest BCUT2D eigenvalue weighted by molar-refractivity contribution is -0.120. The van der Waals surface area contributed by atoms with Crippen LogP contribution < -0.4 is 10.2 Å². The van der Waals surface area contributed by atoms with Gasteiger partial charge in [0.15, 0.2) is 11.4 Å². The molecule has 3 aliphatic rings. The van der Waals surface area contributed by atoms with Crippen molar-refractivity contribution in [2.75, 3.05) is 11.4 Å². The Morgan fingerprint density at radius 1 is 1.22 bits per heavy atom. The van der Waals surface area contributed by atoms with Crippen LogP contribution in [0.25, 0.3) is 0 Å². The second-order valence-corrected chi connectivity index (χ2v) is 8.72. The van der Waals surface area contributed by atoms with Crippen molar-refractivity contribution in [1.29, 1.82) is 0 Å². The third-order valence-electron chi connectivity index (χ3n) is 6.49. The Labute approximate surface area is 185 Å². The lowest BCUT2D eigenvalue weighted by Crippen LogP contribution is -2.33. The van der Waals surface area contributed by atoms with Gasteiger partial charge in [-0.25, -0.2) is 4.79 Å². The van der Waals surface area contributed by atoms with E-state index in [4.69, 9.17) is 4.74 Å². The molecule has 1 N–H and O–H groups in total. The summed E-state index contributed by atoms with van der Waals surface area (Å²) in [5.74, 6) is -1.37. The van der Waals surface area contributed by atoms with Crippen molar-refractivity contribution in [1.82, 2.24) is 10.3 Å². The van der Waals surface area contributed by atoms with Crippen molar-refractivity contribution < 1.29 is 23.9 Å². The number of carbonyl (C=O) groups is 4. The number of rotatable bonds is 4. The van der Waals surface area contributed by atoms with Gasteiger partial charge in [0.1, 0.15) is 11.7 Å². The van der Waals surface area contributed by atoms with Crippen LogP contribution in [0, 0.1) is 0 Å². The zero-order valence-corrected chi connectivity index (χ0v) is 17.7. The first kappa shape index (κ1) is 20.4. The number of hydrogen-bond donors (Lipinski definition) is 1. The summed E-state index contributed by atoms with van der Waals surface area (Å²) in [5.41, 5.74) is 1.98. The van der Waals surface area contributed by atoms with Gasteiger partial charge in [0.05, 0.1) is 12.6 Å². The number of pyridine rings is 1. The van der Waals surface area contributed by atoms with E-state index in [0.717, 1.165) is 5.56 Å². The Kier molecular flexibility index (Phi) is 4.80. The third kappa shape index (κ3) is 3.45. The van der Waals surface area contributed by atoms with Crippen LogP contribution in [0.1, 0.15) is 53.6 Å². The number of anilines is 1. The first-order chi connectivity index (χ1) is 15.4. The zero-order chi connectivity index (χ0) is 22.5. The van der Waals surface area contributed by atoms with Crippen molar-refractivity contribution in [3.63, 3.8) is 0 Å². The monoisotopic (exact) mass is 433 g/mol. The van der Waals surface area contributed by atoms with Crippen LogP contribution in [-0.2, 0) is 20.7 Å². The van der Waals surface area contributed by atoms with Gasteiger partial charge in [-0.1, -0.05) is 6.07 Å². The molecule has 3 atom stereocenters. The predicted octanol–water partition coefficient (Wildman–Crippen LogP) is 2.56. The van der Waals surface area contributed by atoms with Crippen LogP contribution in [-0.4, -0.2) is 46.7 Å². The number of ketones is 2. The summed E-state index contributed by atoms with van der Waals surface area (Å²) in [5, 5.41) is 2.82. The van der Waals surface area contributed by atoms with Gasteiger partial charge in [0.25, 0.3) is 0 Å². The lowest BCUT2D eigenvalue weighted by Gasteiger charge is -2.19. The first-order valence-corrected chi connectivity index (χ1v) is 10.8. The maximum atomic E-state index is 13.2. The number of aromatic nitrogens is 1. The molecule has 1 aliphatic heterocycles. The number of hydrogen-bond acceptors (Lipinski definition) is 6. The lowest BCUT2D eigenvalue weighted by atomic mass is 9.85.